The van der Waals surface area contributed by atoms with Crippen LogP contribution in [-0.4, -0.2) is 7.11 Å². The fourth-order valence-electron chi connectivity index (χ4n) is 2.24. The van der Waals surface area contributed by atoms with Gasteiger partial charge in [-0.1, -0.05) is 30.3 Å². The van der Waals surface area contributed by atoms with Crippen molar-refractivity contribution in [3.05, 3.63) is 65.5 Å². The van der Waals surface area contributed by atoms with Crippen LogP contribution in [-0.2, 0) is 12.0 Å². The number of hydrogen-bond donors (Lipinski definition) is 1. The van der Waals surface area contributed by atoms with E-state index in [0.717, 1.165) is 5.56 Å². The number of benzene rings is 2. The quantitative estimate of drug-likeness (QED) is 0.914. The average Bonchev–Trinajstić information content (AvgIpc) is 2.39. The lowest BCUT2D eigenvalue weighted by atomic mass is 9.86. The molecule has 0 aromatic heterocycles. The van der Waals surface area contributed by atoms with Gasteiger partial charge < -0.3 is 10.5 Å². The highest BCUT2D eigenvalue weighted by molar-refractivity contribution is 5.40. The van der Waals surface area contributed by atoms with Crippen LogP contribution in [0.1, 0.15) is 18.1 Å². The van der Waals surface area contributed by atoms with Gasteiger partial charge in [0.15, 0.2) is 0 Å². The van der Waals surface area contributed by atoms with Crippen molar-refractivity contribution in [1.82, 2.24) is 0 Å². The Bertz CT molecular complexity index is 552. The summed E-state index contributed by atoms with van der Waals surface area (Å²) in [6, 6.07) is 14.3. The number of ether oxygens (including phenoxy) is 1. The minimum atomic E-state index is -0.686. The second kappa shape index (κ2) is 5.41. The molecule has 0 saturated carbocycles. The number of rotatable bonds is 4. The molecule has 0 aliphatic heterocycles. The van der Waals surface area contributed by atoms with E-state index in [1.807, 2.05) is 37.3 Å². The molecule has 0 radical (unpaired) electrons. The van der Waals surface area contributed by atoms with Crippen LogP contribution in [0, 0.1) is 5.82 Å². The molecule has 2 nitrogen and oxygen atoms in total. The highest BCUT2D eigenvalue weighted by Gasteiger charge is 2.26. The Morgan fingerprint density at radius 2 is 1.84 bits per heavy atom. The predicted molar refractivity (Wildman–Crippen MR) is 74.6 cm³/mol. The van der Waals surface area contributed by atoms with Gasteiger partial charge in [-0.15, -0.1) is 0 Å². The summed E-state index contributed by atoms with van der Waals surface area (Å²) in [4.78, 5) is 0. The second-order valence-corrected chi connectivity index (χ2v) is 4.92. The number of halogens is 1. The Labute approximate surface area is 113 Å². The summed E-state index contributed by atoms with van der Waals surface area (Å²) < 4.78 is 18.7. The molecule has 1 unspecified atom stereocenters. The maximum absolute atomic E-state index is 13.4. The zero-order valence-electron chi connectivity index (χ0n) is 11.2. The molecule has 2 rings (SSSR count). The molecule has 0 bridgehead atoms. The SMILES string of the molecule is COc1ccc(F)cc1C(C)(N)Cc1ccccc1. The first-order valence-corrected chi connectivity index (χ1v) is 6.20. The average molecular weight is 259 g/mol. The number of nitrogens with two attached hydrogens (primary N) is 1. The maximum Gasteiger partial charge on any atom is 0.124 e. The highest BCUT2D eigenvalue weighted by Crippen LogP contribution is 2.31. The molecule has 1 atom stereocenters. The summed E-state index contributed by atoms with van der Waals surface area (Å²) in [5.74, 6) is 0.308. The van der Waals surface area contributed by atoms with E-state index in [1.165, 1.54) is 12.1 Å². The molecule has 0 fully saturated rings. The summed E-state index contributed by atoms with van der Waals surface area (Å²) in [7, 11) is 1.56. The normalized spacial score (nSPS) is 13.9. The molecule has 0 aliphatic carbocycles. The van der Waals surface area contributed by atoms with Crippen molar-refractivity contribution >= 4 is 0 Å². The number of methoxy groups -OCH3 is 1. The largest absolute Gasteiger partial charge is 0.496 e. The molecule has 2 N–H and O–H groups in total. The molecular weight excluding hydrogens is 241 g/mol. The smallest absolute Gasteiger partial charge is 0.124 e. The van der Waals surface area contributed by atoms with E-state index in [0.29, 0.717) is 17.7 Å². The van der Waals surface area contributed by atoms with E-state index in [4.69, 9.17) is 10.5 Å². The molecule has 0 heterocycles. The van der Waals surface area contributed by atoms with E-state index >= 15 is 0 Å². The van der Waals surface area contributed by atoms with Crippen molar-refractivity contribution in [1.29, 1.82) is 0 Å². The van der Waals surface area contributed by atoms with Gasteiger partial charge in [-0.05, 0) is 37.1 Å². The van der Waals surface area contributed by atoms with Gasteiger partial charge in [0, 0.05) is 11.1 Å². The minimum Gasteiger partial charge on any atom is -0.496 e. The fourth-order valence-corrected chi connectivity index (χ4v) is 2.24. The van der Waals surface area contributed by atoms with E-state index in [9.17, 15) is 4.39 Å². The maximum atomic E-state index is 13.4. The molecule has 0 saturated heterocycles. The van der Waals surface area contributed by atoms with Crippen LogP contribution >= 0.6 is 0 Å². The van der Waals surface area contributed by atoms with E-state index in [-0.39, 0.29) is 5.82 Å². The summed E-state index contributed by atoms with van der Waals surface area (Å²) in [6.07, 6.45) is 0.619. The molecule has 3 heteroatoms. The zero-order valence-corrected chi connectivity index (χ0v) is 11.2. The van der Waals surface area contributed by atoms with Crippen molar-refractivity contribution in [2.75, 3.05) is 7.11 Å². The standard InChI is InChI=1S/C16H18FNO/c1-16(18,11-12-6-4-3-5-7-12)14-10-13(17)8-9-15(14)19-2/h3-10H,11,18H2,1-2H3. The Morgan fingerprint density at radius 1 is 1.16 bits per heavy atom. The third-order valence-corrected chi connectivity index (χ3v) is 3.19. The third kappa shape index (κ3) is 3.12. The van der Waals surface area contributed by atoms with Gasteiger partial charge in [0.1, 0.15) is 11.6 Å². The Kier molecular flexibility index (Phi) is 3.86. The summed E-state index contributed by atoms with van der Waals surface area (Å²) >= 11 is 0. The van der Waals surface area contributed by atoms with Crippen molar-refractivity contribution in [2.24, 2.45) is 5.73 Å². The molecule has 0 aliphatic rings. The van der Waals surface area contributed by atoms with Crippen molar-refractivity contribution in [3.8, 4) is 5.75 Å². The van der Waals surface area contributed by atoms with Gasteiger partial charge in [0.2, 0.25) is 0 Å². The molecule has 19 heavy (non-hydrogen) atoms. The summed E-state index contributed by atoms with van der Waals surface area (Å²) in [5.41, 5.74) is 7.47. The van der Waals surface area contributed by atoms with E-state index < -0.39 is 5.54 Å². The van der Waals surface area contributed by atoms with Crippen molar-refractivity contribution in [2.45, 2.75) is 18.9 Å². The first-order valence-electron chi connectivity index (χ1n) is 6.20. The Morgan fingerprint density at radius 3 is 2.47 bits per heavy atom. The van der Waals surface area contributed by atoms with E-state index in [2.05, 4.69) is 0 Å². The Balaban J connectivity index is 2.36. The van der Waals surface area contributed by atoms with E-state index in [1.54, 1.807) is 13.2 Å². The zero-order chi connectivity index (χ0) is 13.9. The van der Waals surface area contributed by atoms with Crippen molar-refractivity contribution < 1.29 is 9.13 Å². The van der Waals surface area contributed by atoms with Crippen LogP contribution in [0.15, 0.2) is 48.5 Å². The second-order valence-electron chi connectivity index (χ2n) is 4.92. The summed E-state index contributed by atoms with van der Waals surface area (Å²) in [5, 5.41) is 0. The van der Waals surface area contributed by atoms with Crippen LogP contribution in [0.3, 0.4) is 0 Å². The van der Waals surface area contributed by atoms with Crippen molar-refractivity contribution in [3.63, 3.8) is 0 Å². The van der Waals surface area contributed by atoms with Gasteiger partial charge in [-0.2, -0.15) is 0 Å². The first kappa shape index (κ1) is 13.6. The molecule has 2 aromatic rings. The molecule has 0 amide bonds. The first-order chi connectivity index (χ1) is 9.03. The van der Waals surface area contributed by atoms with Gasteiger partial charge in [0.05, 0.1) is 7.11 Å². The highest BCUT2D eigenvalue weighted by atomic mass is 19.1. The molecule has 100 valence electrons. The van der Waals surface area contributed by atoms with Gasteiger partial charge in [-0.3, -0.25) is 0 Å². The van der Waals surface area contributed by atoms with Crippen LogP contribution < -0.4 is 10.5 Å². The van der Waals surface area contributed by atoms with Gasteiger partial charge >= 0.3 is 0 Å². The summed E-state index contributed by atoms with van der Waals surface area (Å²) in [6.45, 7) is 1.89. The van der Waals surface area contributed by atoms with Crippen LogP contribution in [0.2, 0.25) is 0 Å². The fraction of sp³-hybridized carbons (Fsp3) is 0.250. The lowest BCUT2D eigenvalue weighted by Gasteiger charge is -2.27. The van der Waals surface area contributed by atoms with Gasteiger partial charge in [0.25, 0.3) is 0 Å². The lowest BCUT2D eigenvalue weighted by molar-refractivity contribution is 0.384. The Hall–Kier alpha value is -1.87. The third-order valence-electron chi connectivity index (χ3n) is 3.19. The number of hydrogen-bond acceptors (Lipinski definition) is 2. The molecular formula is C16H18FNO. The lowest BCUT2D eigenvalue weighted by Crippen LogP contribution is -2.36. The van der Waals surface area contributed by atoms with Crippen LogP contribution in [0.25, 0.3) is 0 Å². The molecule has 0 spiro atoms. The molecule has 2 aromatic carbocycles. The topological polar surface area (TPSA) is 35.2 Å². The monoisotopic (exact) mass is 259 g/mol. The predicted octanol–water partition coefficient (Wildman–Crippen LogP) is 3.25. The minimum absolute atomic E-state index is 0.305. The van der Waals surface area contributed by atoms with Gasteiger partial charge in [-0.25, -0.2) is 4.39 Å². The van der Waals surface area contributed by atoms with Crippen LogP contribution in [0.4, 0.5) is 4.39 Å². The van der Waals surface area contributed by atoms with Crippen LogP contribution in [0.5, 0.6) is 5.75 Å².